The highest BCUT2D eigenvalue weighted by atomic mass is 16.5. The molecule has 1 unspecified atom stereocenters. The standard InChI is InChI=1S/C15H21N3O2/c1-20-14-6-4-5-12(9-16)15(14)17-10-13(19)11-18-7-2-3-8-18/h4-6,13,17,19H,2-3,7-8,10-11H2,1H3. The Kier molecular flexibility index (Phi) is 5.22. The molecular formula is C15H21N3O2. The largest absolute Gasteiger partial charge is 0.495 e. The van der Waals surface area contributed by atoms with Gasteiger partial charge < -0.3 is 20.1 Å². The molecule has 2 N–H and O–H groups in total. The van der Waals surface area contributed by atoms with Crippen LogP contribution in [0.4, 0.5) is 5.69 Å². The molecule has 0 bridgehead atoms. The van der Waals surface area contributed by atoms with Gasteiger partial charge in [0.1, 0.15) is 11.8 Å². The van der Waals surface area contributed by atoms with Crippen LogP contribution in [0.5, 0.6) is 5.75 Å². The van der Waals surface area contributed by atoms with Crippen molar-refractivity contribution in [2.45, 2.75) is 18.9 Å². The number of aliphatic hydroxyl groups excluding tert-OH is 1. The number of nitrogens with zero attached hydrogens (tertiary/aromatic N) is 2. The maximum Gasteiger partial charge on any atom is 0.143 e. The fourth-order valence-corrected chi connectivity index (χ4v) is 2.52. The van der Waals surface area contributed by atoms with Crippen LogP contribution in [0.15, 0.2) is 18.2 Å². The number of benzene rings is 1. The van der Waals surface area contributed by atoms with Crippen LogP contribution in [-0.4, -0.2) is 49.4 Å². The molecule has 20 heavy (non-hydrogen) atoms. The summed E-state index contributed by atoms with van der Waals surface area (Å²) in [6, 6.07) is 7.45. The number of anilines is 1. The van der Waals surface area contributed by atoms with Gasteiger partial charge in [0.25, 0.3) is 0 Å². The lowest BCUT2D eigenvalue weighted by Crippen LogP contribution is -2.34. The van der Waals surface area contributed by atoms with Crippen LogP contribution in [-0.2, 0) is 0 Å². The third kappa shape index (κ3) is 3.62. The second-order valence-electron chi connectivity index (χ2n) is 5.04. The van der Waals surface area contributed by atoms with Crippen molar-refractivity contribution in [2.75, 3.05) is 38.6 Å². The molecule has 0 saturated carbocycles. The predicted octanol–water partition coefficient (Wildman–Crippen LogP) is 1.44. The molecule has 5 heteroatoms. The topological polar surface area (TPSA) is 68.5 Å². The summed E-state index contributed by atoms with van der Waals surface area (Å²) < 4.78 is 5.25. The molecule has 0 aromatic heterocycles. The highest BCUT2D eigenvalue weighted by Gasteiger charge is 2.16. The lowest BCUT2D eigenvalue weighted by atomic mass is 10.1. The molecule has 2 rings (SSSR count). The van der Waals surface area contributed by atoms with Crippen LogP contribution in [0.3, 0.4) is 0 Å². The van der Waals surface area contributed by atoms with Gasteiger partial charge in [0, 0.05) is 13.1 Å². The van der Waals surface area contributed by atoms with E-state index in [1.807, 2.05) is 0 Å². The van der Waals surface area contributed by atoms with Crippen LogP contribution in [0.2, 0.25) is 0 Å². The predicted molar refractivity (Wildman–Crippen MR) is 77.9 cm³/mol. The highest BCUT2D eigenvalue weighted by molar-refractivity contribution is 5.66. The first kappa shape index (κ1) is 14.6. The molecule has 1 aromatic rings. The molecule has 0 spiro atoms. The first-order valence-electron chi connectivity index (χ1n) is 6.96. The van der Waals surface area contributed by atoms with E-state index >= 15 is 0 Å². The molecule has 1 aliphatic heterocycles. The van der Waals surface area contributed by atoms with Crippen LogP contribution < -0.4 is 10.1 Å². The van der Waals surface area contributed by atoms with Gasteiger partial charge >= 0.3 is 0 Å². The first-order chi connectivity index (χ1) is 9.74. The lowest BCUT2D eigenvalue weighted by Gasteiger charge is -2.21. The molecule has 0 amide bonds. The number of ether oxygens (including phenoxy) is 1. The number of β-amino-alcohol motifs (C(OH)–C–C–N with tert-alkyl or cyclic N) is 1. The summed E-state index contributed by atoms with van der Waals surface area (Å²) in [5.41, 5.74) is 1.18. The quantitative estimate of drug-likeness (QED) is 0.822. The normalized spacial score (nSPS) is 16.6. The van der Waals surface area contributed by atoms with E-state index in [-0.39, 0.29) is 0 Å². The van der Waals surface area contributed by atoms with Crippen LogP contribution >= 0.6 is 0 Å². The summed E-state index contributed by atoms with van der Waals surface area (Å²) in [6.07, 6.45) is 1.97. The Morgan fingerprint density at radius 3 is 2.85 bits per heavy atom. The number of hydrogen-bond donors (Lipinski definition) is 2. The number of aliphatic hydroxyl groups is 1. The summed E-state index contributed by atoms with van der Waals surface area (Å²) in [4.78, 5) is 2.26. The minimum atomic E-state index is -0.454. The Hall–Kier alpha value is -1.77. The highest BCUT2D eigenvalue weighted by Crippen LogP contribution is 2.27. The van der Waals surface area contributed by atoms with Crippen molar-refractivity contribution in [3.63, 3.8) is 0 Å². The number of methoxy groups -OCH3 is 1. The molecule has 5 nitrogen and oxygen atoms in total. The van der Waals surface area contributed by atoms with E-state index in [0.717, 1.165) is 13.1 Å². The van der Waals surface area contributed by atoms with Gasteiger partial charge in [0.05, 0.1) is 24.5 Å². The van der Waals surface area contributed by atoms with Gasteiger partial charge in [-0.1, -0.05) is 6.07 Å². The monoisotopic (exact) mass is 275 g/mol. The Morgan fingerprint density at radius 1 is 1.45 bits per heavy atom. The summed E-state index contributed by atoms with van der Waals surface area (Å²) in [6.45, 7) is 3.21. The van der Waals surface area contributed by atoms with Crippen molar-refractivity contribution in [3.8, 4) is 11.8 Å². The third-order valence-corrected chi connectivity index (χ3v) is 3.55. The van der Waals surface area contributed by atoms with Gasteiger partial charge in [0.15, 0.2) is 0 Å². The maximum atomic E-state index is 10.1. The average molecular weight is 275 g/mol. The smallest absolute Gasteiger partial charge is 0.143 e. The maximum absolute atomic E-state index is 10.1. The molecule has 0 aliphatic carbocycles. The second kappa shape index (κ2) is 7.13. The SMILES string of the molecule is COc1cccc(C#N)c1NCC(O)CN1CCCC1. The zero-order valence-electron chi connectivity index (χ0n) is 11.8. The van der Waals surface area contributed by atoms with Crippen molar-refractivity contribution in [1.29, 1.82) is 5.26 Å². The zero-order valence-corrected chi connectivity index (χ0v) is 11.8. The molecular weight excluding hydrogens is 254 g/mol. The molecule has 108 valence electrons. The van der Waals surface area contributed by atoms with Gasteiger partial charge in [-0.25, -0.2) is 0 Å². The van der Waals surface area contributed by atoms with Gasteiger partial charge in [-0.2, -0.15) is 5.26 Å². The Bertz CT molecular complexity index is 478. The third-order valence-electron chi connectivity index (χ3n) is 3.55. The van der Waals surface area contributed by atoms with Crippen molar-refractivity contribution in [1.82, 2.24) is 4.90 Å². The van der Waals surface area contributed by atoms with Crippen molar-refractivity contribution < 1.29 is 9.84 Å². The van der Waals surface area contributed by atoms with Crippen LogP contribution in [0, 0.1) is 11.3 Å². The number of para-hydroxylation sites is 1. The van der Waals surface area contributed by atoms with Gasteiger partial charge in [-0.15, -0.1) is 0 Å². The van der Waals surface area contributed by atoms with Crippen molar-refractivity contribution in [3.05, 3.63) is 23.8 Å². The summed E-state index contributed by atoms with van der Waals surface area (Å²) in [5.74, 6) is 0.623. The number of nitrogens with one attached hydrogen (secondary N) is 1. The van der Waals surface area contributed by atoms with E-state index in [1.54, 1.807) is 25.3 Å². The number of rotatable bonds is 6. The summed E-state index contributed by atoms with van der Waals surface area (Å²) >= 11 is 0. The van der Waals surface area contributed by atoms with Crippen LogP contribution in [0.25, 0.3) is 0 Å². The van der Waals surface area contributed by atoms with E-state index in [0.29, 0.717) is 30.1 Å². The van der Waals surface area contributed by atoms with E-state index in [9.17, 15) is 5.11 Å². The van der Waals surface area contributed by atoms with E-state index < -0.39 is 6.10 Å². The minimum absolute atomic E-state index is 0.408. The fraction of sp³-hybridized carbons (Fsp3) is 0.533. The van der Waals surface area contributed by atoms with Crippen LogP contribution in [0.1, 0.15) is 18.4 Å². The Morgan fingerprint density at radius 2 is 2.20 bits per heavy atom. The second-order valence-corrected chi connectivity index (χ2v) is 5.04. The minimum Gasteiger partial charge on any atom is -0.495 e. The van der Waals surface area contributed by atoms with E-state index in [4.69, 9.17) is 10.00 Å². The van der Waals surface area contributed by atoms with Gasteiger partial charge in [0.2, 0.25) is 0 Å². The Labute approximate surface area is 119 Å². The lowest BCUT2D eigenvalue weighted by molar-refractivity contribution is 0.135. The molecule has 1 saturated heterocycles. The average Bonchev–Trinajstić information content (AvgIpc) is 2.97. The molecule has 1 aliphatic rings. The summed E-state index contributed by atoms with van der Waals surface area (Å²) in [5, 5.41) is 22.3. The van der Waals surface area contributed by atoms with Crippen molar-refractivity contribution >= 4 is 5.69 Å². The van der Waals surface area contributed by atoms with Crippen molar-refractivity contribution in [2.24, 2.45) is 0 Å². The molecule has 1 aromatic carbocycles. The number of nitriles is 1. The number of hydrogen-bond acceptors (Lipinski definition) is 5. The molecule has 1 heterocycles. The zero-order chi connectivity index (χ0) is 14.4. The molecule has 0 radical (unpaired) electrons. The Balaban J connectivity index is 1.94. The summed E-state index contributed by atoms with van der Waals surface area (Å²) in [7, 11) is 1.57. The number of likely N-dealkylation sites (tertiary alicyclic amines) is 1. The van der Waals surface area contributed by atoms with E-state index in [1.165, 1.54) is 12.8 Å². The fourth-order valence-electron chi connectivity index (χ4n) is 2.52. The molecule has 1 fully saturated rings. The molecule has 1 atom stereocenters. The van der Waals surface area contributed by atoms with Gasteiger partial charge in [-0.05, 0) is 38.1 Å². The van der Waals surface area contributed by atoms with Gasteiger partial charge in [-0.3, -0.25) is 0 Å². The van der Waals surface area contributed by atoms with E-state index in [2.05, 4.69) is 16.3 Å². The first-order valence-corrected chi connectivity index (χ1v) is 6.96.